The number of benzene rings is 1. The molecule has 0 aliphatic carbocycles. The molecule has 4 nitrogen and oxygen atoms in total. The van der Waals surface area contributed by atoms with E-state index >= 15 is 0 Å². The summed E-state index contributed by atoms with van der Waals surface area (Å²) in [4.78, 5) is 22.6. The minimum absolute atomic E-state index is 0.0640. The summed E-state index contributed by atoms with van der Waals surface area (Å²) in [5.74, 6) is 0.612. The van der Waals surface area contributed by atoms with Crippen molar-refractivity contribution in [2.24, 2.45) is 0 Å². The van der Waals surface area contributed by atoms with Gasteiger partial charge in [-0.1, -0.05) is 0 Å². The van der Waals surface area contributed by atoms with Gasteiger partial charge in [0, 0.05) is 18.4 Å². The molecule has 0 aliphatic heterocycles. The number of aliphatic hydroxyl groups is 1. The second-order valence-corrected chi connectivity index (χ2v) is 4.06. The molecule has 0 aliphatic rings. The van der Waals surface area contributed by atoms with Gasteiger partial charge in [-0.05, 0) is 37.1 Å². The van der Waals surface area contributed by atoms with Crippen molar-refractivity contribution < 1.29 is 19.4 Å². The van der Waals surface area contributed by atoms with Gasteiger partial charge in [0.2, 0.25) is 0 Å². The molecule has 0 saturated carbocycles. The molecular formula is C14H18O4. The van der Waals surface area contributed by atoms with Crippen LogP contribution in [0.1, 0.15) is 36.0 Å². The van der Waals surface area contributed by atoms with E-state index in [0.29, 0.717) is 31.2 Å². The van der Waals surface area contributed by atoms with Gasteiger partial charge >= 0.3 is 0 Å². The van der Waals surface area contributed by atoms with Crippen molar-refractivity contribution in [3.05, 3.63) is 29.8 Å². The zero-order valence-electron chi connectivity index (χ0n) is 10.5. The van der Waals surface area contributed by atoms with Crippen LogP contribution in [0.4, 0.5) is 0 Å². The Morgan fingerprint density at radius 2 is 1.72 bits per heavy atom. The number of ether oxygens (including phenoxy) is 1. The van der Waals surface area contributed by atoms with Crippen LogP contribution >= 0.6 is 0 Å². The van der Waals surface area contributed by atoms with E-state index in [1.54, 1.807) is 31.4 Å². The fourth-order valence-corrected chi connectivity index (χ4v) is 1.61. The summed E-state index contributed by atoms with van der Waals surface area (Å²) < 4.78 is 5.01. The lowest BCUT2D eigenvalue weighted by atomic mass is 10.0. The topological polar surface area (TPSA) is 63.6 Å². The Labute approximate surface area is 107 Å². The summed E-state index contributed by atoms with van der Waals surface area (Å²) in [6.45, 7) is -0.410. The van der Waals surface area contributed by atoms with Crippen LogP contribution in [-0.4, -0.2) is 30.4 Å². The third kappa shape index (κ3) is 4.67. The van der Waals surface area contributed by atoms with Crippen molar-refractivity contribution in [3.8, 4) is 5.75 Å². The number of rotatable bonds is 8. The quantitative estimate of drug-likeness (QED) is 0.566. The summed E-state index contributed by atoms with van der Waals surface area (Å²) in [6, 6.07) is 6.98. The van der Waals surface area contributed by atoms with Crippen molar-refractivity contribution in [3.63, 3.8) is 0 Å². The molecule has 4 heteroatoms. The monoisotopic (exact) mass is 250 g/mol. The van der Waals surface area contributed by atoms with Gasteiger partial charge in [-0.3, -0.25) is 9.59 Å². The van der Waals surface area contributed by atoms with Crippen LogP contribution in [0.3, 0.4) is 0 Å². The van der Waals surface area contributed by atoms with Crippen LogP contribution in [-0.2, 0) is 4.79 Å². The lowest BCUT2D eigenvalue weighted by Gasteiger charge is -2.03. The zero-order valence-corrected chi connectivity index (χ0v) is 10.5. The maximum Gasteiger partial charge on any atom is 0.162 e. The SMILES string of the molecule is COc1ccc(C(=O)CCCCC(=O)CO)cc1. The average molecular weight is 250 g/mol. The van der Waals surface area contributed by atoms with Gasteiger partial charge in [0.1, 0.15) is 12.4 Å². The van der Waals surface area contributed by atoms with E-state index in [-0.39, 0.29) is 11.6 Å². The van der Waals surface area contributed by atoms with Crippen LogP contribution < -0.4 is 4.74 Å². The minimum Gasteiger partial charge on any atom is -0.497 e. The standard InChI is InChI=1S/C14H18O4/c1-18-13-8-6-11(7-9-13)14(17)5-3-2-4-12(16)10-15/h6-9,15H,2-5,10H2,1H3. The predicted octanol–water partition coefficient (Wildman–Crippen LogP) is 2.00. The first-order valence-electron chi connectivity index (χ1n) is 5.97. The van der Waals surface area contributed by atoms with Crippen LogP contribution in [0.5, 0.6) is 5.75 Å². The van der Waals surface area contributed by atoms with E-state index in [1.807, 2.05) is 0 Å². The Bertz CT molecular complexity index is 395. The fourth-order valence-electron chi connectivity index (χ4n) is 1.61. The van der Waals surface area contributed by atoms with Crippen LogP contribution in [0.25, 0.3) is 0 Å². The molecular weight excluding hydrogens is 232 g/mol. The van der Waals surface area contributed by atoms with Crippen LogP contribution in [0.15, 0.2) is 24.3 Å². The molecule has 1 rings (SSSR count). The third-order valence-electron chi connectivity index (χ3n) is 2.70. The van der Waals surface area contributed by atoms with Gasteiger partial charge in [0.15, 0.2) is 11.6 Å². The lowest BCUT2D eigenvalue weighted by Crippen LogP contribution is -2.04. The minimum atomic E-state index is -0.410. The summed E-state index contributed by atoms with van der Waals surface area (Å²) >= 11 is 0. The second kappa shape index (κ2) is 7.61. The first kappa shape index (κ1) is 14.4. The van der Waals surface area contributed by atoms with E-state index in [9.17, 15) is 9.59 Å². The highest BCUT2D eigenvalue weighted by Gasteiger charge is 2.06. The van der Waals surface area contributed by atoms with Crippen molar-refractivity contribution >= 4 is 11.6 Å². The molecule has 0 fully saturated rings. The van der Waals surface area contributed by atoms with Crippen molar-refractivity contribution in [1.29, 1.82) is 0 Å². The van der Waals surface area contributed by atoms with Crippen LogP contribution in [0.2, 0.25) is 0 Å². The van der Waals surface area contributed by atoms with E-state index in [4.69, 9.17) is 9.84 Å². The highest BCUT2D eigenvalue weighted by Crippen LogP contribution is 2.14. The third-order valence-corrected chi connectivity index (χ3v) is 2.70. The summed E-state index contributed by atoms with van der Waals surface area (Å²) in [7, 11) is 1.58. The molecule has 0 atom stereocenters. The number of methoxy groups -OCH3 is 1. The number of aliphatic hydroxyl groups excluding tert-OH is 1. The van der Waals surface area contributed by atoms with Crippen molar-refractivity contribution in [2.45, 2.75) is 25.7 Å². The van der Waals surface area contributed by atoms with Gasteiger partial charge in [-0.2, -0.15) is 0 Å². The second-order valence-electron chi connectivity index (χ2n) is 4.06. The Morgan fingerprint density at radius 3 is 2.28 bits per heavy atom. The zero-order chi connectivity index (χ0) is 13.4. The van der Waals surface area contributed by atoms with Crippen molar-refractivity contribution in [2.75, 3.05) is 13.7 Å². The highest BCUT2D eigenvalue weighted by molar-refractivity contribution is 5.96. The molecule has 0 aromatic heterocycles. The molecule has 0 bridgehead atoms. The van der Waals surface area contributed by atoms with Gasteiger partial charge in [0.05, 0.1) is 7.11 Å². The molecule has 0 amide bonds. The number of hydrogen-bond acceptors (Lipinski definition) is 4. The molecule has 0 unspecified atom stereocenters. The molecule has 1 aromatic rings. The molecule has 1 aromatic carbocycles. The smallest absolute Gasteiger partial charge is 0.162 e. The molecule has 98 valence electrons. The fraction of sp³-hybridized carbons (Fsp3) is 0.429. The summed E-state index contributed by atoms with van der Waals surface area (Å²) in [5, 5.41) is 8.54. The average Bonchev–Trinajstić information content (AvgIpc) is 2.43. The molecule has 0 heterocycles. The first-order chi connectivity index (χ1) is 8.67. The van der Waals surface area contributed by atoms with Gasteiger partial charge in [-0.15, -0.1) is 0 Å². The van der Waals surface area contributed by atoms with Gasteiger partial charge in [-0.25, -0.2) is 0 Å². The van der Waals surface area contributed by atoms with Crippen molar-refractivity contribution in [1.82, 2.24) is 0 Å². The Hall–Kier alpha value is -1.68. The number of Topliss-reactive ketones (excluding diaryl/α,β-unsaturated/α-hetero) is 2. The lowest BCUT2D eigenvalue weighted by molar-refractivity contribution is -0.121. The molecule has 18 heavy (non-hydrogen) atoms. The van der Waals surface area contributed by atoms with Gasteiger partial charge < -0.3 is 9.84 Å². The number of carbonyl (C=O) groups is 2. The van der Waals surface area contributed by atoms with E-state index in [1.165, 1.54) is 0 Å². The van der Waals surface area contributed by atoms with Crippen LogP contribution in [0, 0.1) is 0 Å². The normalized spacial score (nSPS) is 10.1. The Balaban J connectivity index is 2.33. The largest absolute Gasteiger partial charge is 0.497 e. The Morgan fingerprint density at radius 1 is 1.11 bits per heavy atom. The number of hydrogen-bond donors (Lipinski definition) is 1. The van der Waals surface area contributed by atoms with Gasteiger partial charge in [0.25, 0.3) is 0 Å². The van der Waals surface area contributed by atoms with E-state index < -0.39 is 6.61 Å². The summed E-state index contributed by atoms with van der Waals surface area (Å²) in [6.07, 6.45) is 2.06. The molecule has 0 spiro atoms. The van der Waals surface area contributed by atoms with E-state index in [2.05, 4.69) is 0 Å². The maximum atomic E-state index is 11.8. The number of carbonyl (C=O) groups excluding carboxylic acids is 2. The number of ketones is 2. The number of unbranched alkanes of at least 4 members (excludes halogenated alkanes) is 1. The first-order valence-corrected chi connectivity index (χ1v) is 5.97. The molecule has 0 radical (unpaired) electrons. The highest BCUT2D eigenvalue weighted by atomic mass is 16.5. The molecule has 0 saturated heterocycles. The predicted molar refractivity (Wildman–Crippen MR) is 67.9 cm³/mol. The Kier molecular flexibility index (Phi) is 6.08. The summed E-state index contributed by atoms with van der Waals surface area (Å²) in [5.41, 5.74) is 0.657. The van der Waals surface area contributed by atoms with E-state index in [0.717, 1.165) is 5.75 Å². The molecule has 1 N–H and O–H groups in total. The maximum absolute atomic E-state index is 11.8.